The third-order valence-corrected chi connectivity index (χ3v) is 4.02. The third-order valence-electron chi connectivity index (χ3n) is 4.02. The monoisotopic (exact) mass is 251 g/mol. The molecule has 0 unspecified atom stereocenters. The van der Waals surface area contributed by atoms with Gasteiger partial charge in [-0.1, -0.05) is 0 Å². The lowest BCUT2D eigenvalue weighted by atomic mass is 10.0. The fourth-order valence-electron chi connectivity index (χ4n) is 2.81. The van der Waals surface area contributed by atoms with Crippen molar-refractivity contribution in [2.24, 2.45) is 11.7 Å². The normalized spacial score (nSPS) is 27.0. The standard InChI is InChI=1S/C13H21N3O2/c14-13(17)9-15-6-3-11(4-7-15)16-8-5-12(18-16)10-1-2-10/h5,10-11H,1-4,6-9H2,(H2,14,17). The molecule has 1 saturated heterocycles. The number of hydrogen-bond acceptors (Lipinski definition) is 4. The van der Waals surface area contributed by atoms with E-state index in [1.54, 1.807) is 0 Å². The van der Waals surface area contributed by atoms with E-state index in [0.717, 1.165) is 32.5 Å². The van der Waals surface area contributed by atoms with Crippen LogP contribution in [-0.2, 0) is 9.63 Å². The average Bonchev–Trinajstić information content (AvgIpc) is 3.08. The van der Waals surface area contributed by atoms with Crippen LogP contribution < -0.4 is 5.73 Å². The highest BCUT2D eigenvalue weighted by atomic mass is 16.7. The summed E-state index contributed by atoms with van der Waals surface area (Å²) in [5, 5.41) is 2.12. The van der Waals surface area contributed by atoms with Crippen LogP contribution >= 0.6 is 0 Å². The summed E-state index contributed by atoms with van der Waals surface area (Å²) in [6.07, 6.45) is 6.92. The summed E-state index contributed by atoms with van der Waals surface area (Å²) < 4.78 is 0. The number of hydroxylamine groups is 2. The number of carbonyl (C=O) groups is 1. The minimum atomic E-state index is -0.233. The van der Waals surface area contributed by atoms with Gasteiger partial charge in [-0.15, -0.1) is 5.06 Å². The van der Waals surface area contributed by atoms with E-state index in [1.807, 2.05) is 0 Å². The molecule has 0 radical (unpaired) electrons. The molecule has 0 spiro atoms. The molecular weight excluding hydrogens is 230 g/mol. The molecule has 1 aliphatic carbocycles. The van der Waals surface area contributed by atoms with Crippen LogP contribution in [0.2, 0.25) is 0 Å². The van der Waals surface area contributed by atoms with E-state index in [4.69, 9.17) is 10.6 Å². The molecule has 0 aromatic rings. The molecule has 0 aromatic heterocycles. The average molecular weight is 251 g/mol. The number of piperidine rings is 1. The first-order valence-corrected chi connectivity index (χ1v) is 6.87. The van der Waals surface area contributed by atoms with Crippen molar-refractivity contribution in [2.75, 3.05) is 26.2 Å². The molecule has 0 aromatic carbocycles. The second-order valence-electron chi connectivity index (χ2n) is 5.55. The molecule has 2 aliphatic heterocycles. The highest BCUT2D eigenvalue weighted by molar-refractivity contribution is 5.75. The van der Waals surface area contributed by atoms with Crippen LogP contribution in [0, 0.1) is 5.92 Å². The Morgan fingerprint density at radius 3 is 2.67 bits per heavy atom. The Balaban J connectivity index is 1.44. The molecule has 18 heavy (non-hydrogen) atoms. The number of likely N-dealkylation sites (tertiary alicyclic amines) is 1. The van der Waals surface area contributed by atoms with Crippen molar-refractivity contribution in [3.8, 4) is 0 Å². The van der Waals surface area contributed by atoms with E-state index in [9.17, 15) is 4.79 Å². The largest absolute Gasteiger partial charge is 0.410 e. The van der Waals surface area contributed by atoms with Gasteiger partial charge in [-0.2, -0.15) is 0 Å². The topological polar surface area (TPSA) is 58.8 Å². The second kappa shape index (κ2) is 4.90. The fraction of sp³-hybridized carbons (Fsp3) is 0.769. The highest BCUT2D eigenvalue weighted by Gasteiger charge is 2.35. The SMILES string of the molecule is NC(=O)CN1CCC(N2CC=C(C3CC3)O2)CC1. The molecule has 2 N–H and O–H groups in total. The van der Waals surface area contributed by atoms with Crippen molar-refractivity contribution in [3.05, 3.63) is 11.8 Å². The highest BCUT2D eigenvalue weighted by Crippen LogP contribution is 2.39. The molecule has 2 heterocycles. The maximum absolute atomic E-state index is 10.9. The van der Waals surface area contributed by atoms with Gasteiger partial charge in [-0.3, -0.25) is 9.69 Å². The van der Waals surface area contributed by atoms with Crippen LogP contribution in [0.25, 0.3) is 0 Å². The van der Waals surface area contributed by atoms with Gasteiger partial charge in [0.15, 0.2) is 0 Å². The van der Waals surface area contributed by atoms with E-state index in [-0.39, 0.29) is 5.91 Å². The molecular formula is C13H21N3O2. The van der Waals surface area contributed by atoms with Gasteiger partial charge < -0.3 is 10.6 Å². The first-order valence-electron chi connectivity index (χ1n) is 6.87. The van der Waals surface area contributed by atoms with Crippen LogP contribution in [0.4, 0.5) is 0 Å². The quantitative estimate of drug-likeness (QED) is 0.789. The first kappa shape index (κ1) is 12.0. The fourth-order valence-corrected chi connectivity index (χ4v) is 2.81. The summed E-state index contributed by atoms with van der Waals surface area (Å²) >= 11 is 0. The van der Waals surface area contributed by atoms with Crippen LogP contribution in [0.15, 0.2) is 11.8 Å². The van der Waals surface area contributed by atoms with Gasteiger partial charge in [0.25, 0.3) is 0 Å². The number of primary amides is 1. The maximum Gasteiger partial charge on any atom is 0.231 e. The lowest BCUT2D eigenvalue weighted by molar-refractivity contribution is -0.141. The molecule has 3 rings (SSSR count). The van der Waals surface area contributed by atoms with Gasteiger partial charge >= 0.3 is 0 Å². The zero-order chi connectivity index (χ0) is 12.5. The molecule has 3 aliphatic rings. The van der Waals surface area contributed by atoms with E-state index >= 15 is 0 Å². The number of hydrogen-bond donors (Lipinski definition) is 1. The number of carbonyl (C=O) groups excluding carboxylic acids is 1. The van der Waals surface area contributed by atoms with Crippen molar-refractivity contribution in [2.45, 2.75) is 31.7 Å². The Bertz CT molecular complexity index is 357. The summed E-state index contributed by atoms with van der Waals surface area (Å²) in [4.78, 5) is 18.9. The van der Waals surface area contributed by atoms with Crippen molar-refractivity contribution < 1.29 is 9.63 Å². The van der Waals surface area contributed by atoms with Gasteiger partial charge in [-0.05, 0) is 31.8 Å². The van der Waals surface area contributed by atoms with Crippen molar-refractivity contribution in [3.63, 3.8) is 0 Å². The lowest BCUT2D eigenvalue weighted by Gasteiger charge is -2.35. The van der Waals surface area contributed by atoms with Crippen molar-refractivity contribution in [1.82, 2.24) is 9.96 Å². The molecule has 5 heteroatoms. The first-order chi connectivity index (χ1) is 8.72. The van der Waals surface area contributed by atoms with Crippen LogP contribution in [-0.4, -0.2) is 48.1 Å². The minimum absolute atomic E-state index is 0.233. The summed E-state index contributed by atoms with van der Waals surface area (Å²) in [6.45, 7) is 3.18. The summed E-state index contributed by atoms with van der Waals surface area (Å²) in [6, 6.07) is 0.488. The number of nitrogens with zero attached hydrogens (tertiary/aromatic N) is 2. The van der Waals surface area contributed by atoms with E-state index < -0.39 is 0 Å². The molecule has 0 atom stereocenters. The van der Waals surface area contributed by atoms with E-state index in [0.29, 0.717) is 18.5 Å². The van der Waals surface area contributed by atoms with Crippen LogP contribution in [0.1, 0.15) is 25.7 Å². The summed E-state index contributed by atoms with van der Waals surface area (Å²) in [7, 11) is 0. The van der Waals surface area contributed by atoms with Gasteiger partial charge in [-0.25, -0.2) is 0 Å². The molecule has 0 bridgehead atoms. The summed E-state index contributed by atoms with van der Waals surface area (Å²) in [5.41, 5.74) is 5.21. The van der Waals surface area contributed by atoms with Crippen LogP contribution in [0.3, 0.4) is 0 Å². The Morgan fingerprint density at radius 2 is 2.06 bits per heavy atom. The number of allylic oxidation sites excluding steroid dienone is 1. The van der Waals surface area contributed by atoms with Gasteiger partial charge in [0.05, 0.1) is 13.1 Å². The van der Waals surface area contributed by atoms with Gasteiger partial charge in [0, 0.05) is 25.0 Å². The number of rotatable bonds is 4. The maximum atomic E-state index is 10.9. The second-order valence-corrected chi connectivity index (χ2v) is 5.55. The molecule has 1 saturated carbocycles. The van der Waals surface area contributed by atoms with E-state index in [1.165, 1.54) is 18.6 Å². The Hall–Kier alpha value is -1.07. The van der Waals surface area contributed by atoms with Crippen molar-refractivity contribution >= 4 is 5.91 Å². The third kappa shape index (κ3) is 2.67. The lowest BCUT2D eigenvalue weighted by Crippen LogP contribution is -2.46. The zero-order valence-electron chi connectivity index (χ0n) is 10.7. The number of nitrogens with two attached hydrogens (primary N) is 1. The van der Waals surface area contributed by atoms with E-state index in [2.05, 4.69) is 16.0 Å². The molecule has 2 fully saturated rings. The summed E-state index contributed by atoms with van der Waals surface area (Å²) in [5.74, 6) is 1.66. The molecule has 5 nitrogen and oxygen atoms in total. The van der Waals surface area contributed by atoms with Gasteiger partial charge in [0.2, 0.25) is 5.91 Å². The predicted octanol–water partition coefficient (Wildman–Crippen LogP) is 0.477. The Kier molecular flexibility index (Phi) is 3.26. The number of amides is 1. The molecule has 100 valence electrons. The van der Waals surface area contributed by atoms with Crippen LogP contribution in [0.5, 0.6) is 0 Å². The predicted molar refractivity (Wildman–Crippen MR) is 67.3 cm³/mol. The minimum Gasteiger partial charge on any atom is -0.410 e. The van der Waals surface area contributed by atoms with Gasteiger partial charge in [0.1, 0.15) is 5.76 Å². The van der Waals surface area contributed by atoms with Crippen molar-refractivity contribution in [1.29, 1.82) is 0 Å². The molecule has 1 amide bonds. The Labute approximate surface area is 108 Å². The Morgan fingerprint density at radius 1 is 1.33 bits per heavy atom. The smallest absolute Gasteiger partial charge is 0.231 e. The zero-order valence-corrected chi connectivity index (χ0v) is 10.7.